The first-order chi connectivity index (χ1) is 6.83. The molecule has 0 bridgehead atoms. The van der Waals surface area contributed by atoms with E-state index in [9.17, 15) is 4.39 Å². The first-order valence-corrected chi connectivity index (χ1v) is 4.96. The molecule has 0 aromatic heterocycles. The summed E-state index contributed by atoms with van der Waals surface area (Å²) in [4.78, 5) is 2.04. The molecule has 1 heterocycles. The maximum absolute atomic E-state index is 13.7. The fraction of sp³-hybridized carbons (Fsp3) is 0.455. The number of nitrogens with zero attached hydrogens (tertiary/aromatic N) is 1. The topological polar surface area (TPSA) is 23.5 Å². The van der Waals surface area contributed by atoms with Gasteiger partial charge in [0.05, 0.1) is 12.3 Å². The molecule has 1 aliphatic rings. The van der Waals surface area contributed by atoms with Gasteiger partial charge < -0.3 is 10.0 Å². The minimum Gasteiger partial charge on any atom is -0.392 e. The summed E-state index contributed by atoms with van der Waals surface area (Å²) in [7, 11) is 0. The van der Waals surface area contributed by atoms with Gasteiger partial charge in [-0.3, -0.25) is 0 Å². The molecule has 1 N–H and O–H groups in total. The number of aliphatic hydroxyl groups excluding tert-OH is 1. The van der Waals surface area contributed by atoms with Gasteiger partial charge >= 0.3 is 0 Å². The number of aliphatic hydroxyl groups is 1. The van der Waals surface area contributed by atoms with Crippen LogP contribution < -0.4 is 4.90 Å². The van der Waals surface area contributed by atoms with Crippen LogP contribution in [0.1, 0.15) is 18.4 Å². The highest BCUT2D eigenvalue weighted by Crippen LogP contribution is 2.25. The quantitative estimate of drug-likeness (QED) is 0.779. The molecule has 76 valence electrons. The van der Waals surface area contributed by atoms with E-state index in [0.29, 0.717) is 11.3 Å². The lowest BCUT2D eigenvalue weighted by molar-refractivity contribution is 0.276. The normalized spacial score (nSPS) is 16.3. The van der Waals surface area contributed by atoms with Gasteiger partial charge in [-0.15, -0.1) is 0 Å². The molecule has 2 rings (SSSR count). The van der Waals surface area contributed by atoms with E-state index in [0.717, 1.165) is 25.9 Å². The SMILES string of the molecule is OCc1cccc(N2CCCC2)c1F. The maximum atomic E-state index is 13.7. The van der Waals surface area contributed by atoms with Crippen molar-refractivity contribution >= 4 is 5.69 Å². The van der Waals surface area contributed by atoms with Crippen molar-refractivity contribution in [3.05, 3.63) is 29.6 Å². The third-order valence-electron chi connectivity index (χ3n) is 2.68. The molecule has 0 aliphatic carbocycles. The number of hydrogen-bond acceptors (Lipinski definition) is 2. The van der Waals surface area contributed by atoms with Gasteiger partial charge in [0.25, 0.3) is 0 Å². The molecular formula is C11H14FNO. The molecule has 0 spiro atoms. The van der Waals surface area contributed by atoms with Gasteiger partial charge in [0.1, 0.15) is 0 Å². The Bertz CT molecular complexity index is 321. The van der Waals surface area contributed by atoms with Gasteiger partial charge in [0, 0.05) is 18.7 Å². The van der Waals surface area contributed by atoms with Crippen molar-refractivity contribution in [1.82, 2.24) is 0 Å². The van der Waals surface area contributed by atoms with E-state index < -0.39 is 0 Å². The second kappa shape index (κ2) is 3.96. The minimum atomic E-state index is -0.267. The van der Waals surface area contributed by atoms with Gasteiger partial charge in [-0.1, -0.05) is 12.1 Å². The van der Waals surface area contributed by atoms with Crippen molar-refractivity contribution in [2.45, 2.75) is 19.4 Å². The van der Waals surface area contributed by atoms with Crippen molar-refractivity contribution in [2.75, 3.05) is 18.0 Å². The molecule has 2 nitrogen and oxygen atoms in total. The van der Waals surface area contributed by atoms with Gasteiger partial charge in [0.2, 0.25) is 0 Å². The molecule has 1 fully saturated rings. The number of halogens is 1. The van der Waals surface area contributed by atoms with Gasteiger partial charge in [-0.25, -0.2) is 4.39 Å². The molecule has 14 heavy (non-hydrogen) atoms. The van der Waals surface area contributed by atoms with Crippen molar-refractivity contribution in [1.29, 1.82) is 0 Å². The van der Waals surface area contributed by atoms with Crippen LogP contribution in [0, 0.1) is 5.82 Å². The third kappa shape index (κ3) is 1.60. The van der Waals surface area contributed by atoms with Crippen LogP contribution in [-0.2, 0) is 6.61 Å². The Hall–Kier alpha value is -1.09. The van der Waals surface area contributed by atoms with E-state index in [1.165, 1.54) is 0 Å². The van der Waals surface area contributed by atoms with Crippen molar-refractivity contribution in [2.24, 2.45) is 0 Å². The molecule has 3 heteroatoms. The highest BCUT2D eigenvalue weighted by molar-refractivity contribution is 5.50. The average Bonchev–Trinajstić information content (AvgIpc) is 2.71. The van der Waals surface area contributed by atoms with E-state index in [-0.39, 0.29) is 12.4 Å². The molecule has 0 saturated carbocycles. The Morgan fingerprint density at radius 2 is 2.00 bits per heavy atom. The van der Waals surface area contributed by atoms with Gasteiger partial charge in [-0.2, -0.15) is 0 Å². The lowest BCUT2D eigenvalue weighted by Gasteiger charge is -2.19. The van der Waals surface area contributed by atoms with E-state index in [2.05, 4.69) is 0 Å². The highest BCUT2D eigenvalue weighted by atomic mass is 19.1. The second-order valence-corrected chi connectivity index (χ2v) is 3.60. The van der Waals surface area contributed by atoms with Crippen LogP contribution in [0.2, 0.25) is 0 Å². The number of rotatable bonds is 2. The van der Waals surface area contributed by atoms with Crippen LogP contribution in [0.4, 0.5) is 10.1 Å². The van der Waals surface area contributed by atoms with E-state index in [1.807, 2.05) is 4.90 Å². The monoisotopic (exact) mass is 195 g/mol. The third-order valence-corrected chi connectivity index (χ3v) is 2.68. The largest absolute Gasteiger partial charge is 0.392 e. The summed E-state index contributed by atoms with van der Waals surface area (Å²) in [5.41, 5.74) is 1.02. The fourth-order valence-corrected chi connectivity index (χ4v) is 1.89. The smallest absolute Gasteiger partial charge is 0.151 e. The predicted octanol–water partition coefficient (Wildman–Crippen LogP) is 1.92. The molecule has 0 unspecified atom stereocenters. The molecule has 0 amide bonds. The van der Waals surface area contributed by atoms with Crippen LogP contribution >= 0.6 is 0 Å². The first-order valence-electron chi connectivity index (χ1n) is 4.96. The first kappa shape index (κ1) is 9.46. The Morgan fingerprint density at radius 3 is 2.64 bits per heavy atom. The summed E-state index contributed by atoms with van der Waals surface area (Å²) < 4.78 is 13.7. The van der Waals surface area contributed by atoms with Crippen molar-refractivity contribution in [3.63, 3.8) is 0 Å². The standard InChI is InChI=1S/C11H14FNO/c12-11-9(8-14)4-3-5-10(11)13-6-1-2-7-13/h3-5,14H,1-2,6-8H2. The maximum Gasteiger partial charge on any atom is 0.151 e. The number of anilines is 1. The lowest BCUT2D eigenvalue weighted by Crippen LogP contribution is -2.19. The second-order valence-electron chi connectivity index (χ2n) is 3.60. The summed E-state index contributed by atoms with van der Waals surface area (Å²) in [5, 5.41) is 8.93. The summed E-state index contributed by atoms with van der Waals surface area (Å²) in [6.45, 7) is 1.62. The summed E-state index contributed by atoms with van der Waals surface area (Å²) in [5.74, 6) is -0.267. The molecule has 1 aliphatic heterocycles. The fourth-order valence-electron chi connectivity index (χ4n) is 1.89. The molecule has 1 saturated heterocycles. The van der Waals surface area contributed by atoms with Crippen LogP contribution in [0.25, 0.3) is 0 Å². The van der Waals surface area contributed by atoms with Crippen molar-refractivity contribution < 1.29 is 9.50 Å². The van der Waals surface area contributed by atoms with E-state index in [1.54, 1.807) is 18.2 Å². The number of hydrogen-bond donors (Lipinski definition) is 1. The van der Waals surface area contributed by atoms with E-state index in [4.69, 9.17) is 5.11 Å². The molecule has 1 aromatic carbocycles. The van der Waals surface area contributed by atoms with Crippen LogP contribution in [-0.4, -0.2) is 18.2 Å². The van der Waals surface area contributed by atoms with Gasteiger partial charge in [-0.05, 0) is 18.9 Å². The zero-order valence-electron chi connectivity index (χ0n) is 8.04. The molecular weight excluding hydrogens is 181 g/mol. The van der Waals surface area contributed by atoms with Crippen LogP contribution in [0.3, 0.4) is 0 Å². The Labute approximate surface area is 83.0 Å². The van der Waals surface area contributed by atoms with Crippen molar-refractivity contribution in [3.8, 4) is 0 Å². The minimum absolute atomic E-state index is 0.229. The Morgan fingerprint density at radius 1 is 1.29 bits per heavy atom. The number of benzene rings is 1. The Kier molecular flexibility index (Phi) is 2.68. The van der Waals surface area contributed by atoms with E-state index >= 15 is 0 Å². The summed E-state index contributed by atoms with van der Waals surface area (Å²) in [6.07, 6.45) is 2.26. The zero-order valence-corrected chi connectivity index (χ0v) is 8.04. The molecule has 0 atom stereocenters. The Balaban J connectivity index is 2.32. The lowest BCUT2D eigenvalue weighted by atomic mass is 10.2. The summed E-state index contributed by atoms with van der Waals surface area (Å²) in [6, 6.07) is 5.19. The predicted molar refractivity (Wildman–Crippen MR) is 53.8 cm³/mol. The molecule has 0 radical (unpaired) electrons. The van der Waals surface area contributed by atoms with Gasteiger partial charge in [0.15, 0.2) is 5.82 Å². The summed E-state index contributed by atoms with van der Waals surface area (Å²) >= 11 is 0. The van der Waals surface area contributed by atoms with Crippen LogP contribution in [0.5, 0.6) is 0 Å². The zero-order chi connectivity index (χ0) is 9.97. The van der Waals surface area contributed by atoms with Crippen LogP contribution in [0.15, 0.2) is 18.2 Å². The highest BCUT2D eigenvalue weighted by Gasteiger charge is 2.17. The average molecular weight is 195 g/mol. The molecule has 1 aromatic rings.